The quantitative estimate of drug-likeness (QED) is 0.591. The van der Waals surface area contributed by atoms with Crippen LogP contribution in [0.2, 0.25) is 0 Å². The summed E-state index contributed by atoms with van der Waals surface area (Å²) < 4.78 is 0. The number of nitrogen functional groups attached to an aromatic ring is 1. The summed E-state index contributed by atoms with van der Waals surface area (Å²) in [7, 11) is 0. The maximum atomic E-state index is 12.5. The molecule has 0 aliphatic carbocycles. The van der Waals surface area contributed by atoms with Crippen molar-refractivity contribution in [3.63, 3.8) is 0 Å². The van der Waals surface area contributed by atoms with E-state index >= 15 is 0 Å². The topological polar surface area (TPSA) is 67.1 Å². The monoisotopic (exact) mass is 303 g/mol. The van der Waals surface area contributed by atoms with Gasteiger partial charge in [-0.15, -0.1) is 0 Å². The summed E-state index contributed by atoms with van der Waals surface area (Å²) in [6.45, 7) is 10.8. The first-order valence-corrected chi connectivity index (χ1v) is 8.03. The second kappa shape index (κ2) is 6.01. The summed E-state index contributed by atoms with van der Waals surface area (Å²) in [6, 6.07) is 7.28. The molecule has 0 amide bonds. The molecule has 1 saturated heterocycles. The van der Waals surface area contributed by atoms with Gasteiger partial charge in [-0.05, 0) is 71.7 Å². The molecule has 4 N–H and O–H groups in total. The lowest BCUT2D eigenvalue weighted by atomic mass is 9.79. The van der Waals surface area contributed by atoms with Crippen LogP contribution in [0.15, 0.2) is 24.3 Å². The minimum Gasteiger partial charge on any atom is -0.399 e. The molecule has 0 radical (unpaired) electrons. The van der Waals surface area contributed by atoms with Gasteiger partial charge in [0.1, 0.15) is 0 Å². The second-order valence-corrected chi connectivity index (χ2v) is 7.87. The van der Waals surface area contributed by atoms with Crippen molar-refractivity contribution >= 4 is 11.5 Å². The molecule has 1 aliphatic heterocycles. The zero-order valence-electron chi connectivity index (χ0n) is 14.4. The highest BCUT2D eigenvalue weighted by Gasteiger charge is 2.38. The number of rotatable bonds is 4. The van der Waals surface area contributed by atoms with E-state index in [9.17, 15) is 4.79 Å². The molecule has 4 heteroatoms. The third-order valence-corrected chi connectivity index (χ3v) is 4.26. The smallest absolute Gasteiger partial charge is 0.179 e. The van der Waals surface area contributed by atoms with Crippen molar-refractivity contribution in [1.82, 2.24) is 10.6 Å². The van der Waals surface area contributed by atoms with Gasteiger partial charge in [0, 0.05) is 28.4 Å². The van der Waals surface area contributed by atoms with Crippen LogP contribution in [-0.2, 0) is 0 Å². The number of Topliss-reactive ketones (excluding diaryl/α,β-unsaturated/α-hetero) is 1. The van der Waals surface area contributed by atoms with Crippen molar-refractivity contribution in [2.45, 2.75) is 70.6 Å². The Bertz CT molecular complexity index is 518. The lowest BCUT2D eigenvalue weighted by Gasteiger charge is -2.47. The molecule has 1 aromatic carbocycles. The SMILES string of the molecule is CC(NC1CC(C)(C)NC(C)(C)C1)C(=O)c1ccc(N)cc1. The number of carbonyl (C=O) groups excluding carboxylic acids is 1. The molecule has 1 heterocycles. The molecule has 1 aromatic rings. The average Bonchev–Trinajstić information content (AvgIpc) is 2.34. The second-order valence-electron chi connectivity index (χ2n) is 7.87. The van der Waals surface area contributed by atoms with E-state index in [4.69, 9.17) is 5.73 Å². The van der Waals surface area contributed by atoms with Gasteiger partial charge >= 0.3 is 0 Å². The molecule has 122 valence electrons. The first-order chi connectivity index (χ1) is 10.1. The molecular formula is C18H29N3O. The van der Waals surface area contributed by atoms with Crippen molar-refractivity contribution in [2.24, 2.45) is 0 Å². The number of hydrogen-bond donors (Lipinski definition) is 3. The molecule has 4 nitrogen and oxygen atoms in total. The highest BCUT2D eigenvalue weighted by molar-refractivity contribution is 6.00. The summed E-state index contributed by atoms with van der Waals surface area (Å²) in [5.41, 5.74) is 7.21. The van der Waals surface area contributed by atoms with Gasteiger partial charge in [-0.3, -0.25) is 4.79 Å². The predicted octanol–water partition coefficient (Wildman–Crippen LogP) is 2.74. The third kappa shape index (κ3) is 4.31. The van der Waals surface area contributed by atoms with Gasteiger partial charge in [0.25, 0.3) is 0 Å². The fourth-order valence-electron chi connectivity index (χ4n) is 3.77. The van der Waals surface area contributed by atoms with E-state index in [2.05, 4.69) is 38.3 Å². The van der Waals surface area contributed by atoms with Gasteiger partial charge in [-0.1, -0.05) is 0 Å². The Kier molecular flexibility index (Phi) is 4.64. The van der Waals surface area contributed by atoms with Crippen LogP contribution in [0.3, 0.4) is 0 Å². The van der Waals surface area contributed by atoms with Crippen LogP contribution in [-0.4, -0.2) is 28.9 Å². The molecule has 22 heavy (non-hydrogen) atoms. The van der Waals surface area contributed by atoms with Gasteiger partial charge in [-0.2, -0.15) is 0 Å². The molecule has 0 aromatic heterocycles. The third-order valence-electron chi connectivity index (χ3n) is 4.26. The van der Waals surface area contributed by atoms with Crippen LogP contribution >= 0.6 is 0 Å². The van der Waals surface area contributed by atoms with E-state index in [1.54, 1.807) is 24.3 Å². The first kappa shape index (κ1) is 17.0. The van der Waals surface area contributed by atoms with Crippen molar-refractivity contribution < 1.29 is 4.79 Å². The van der Waals surface area contributed by atoms with Crippen molar-refractivity contribution in [1.29, 1.82) is 0 Å². The molecular weight excluding hydrogens is 274 g/mol. The number of nitrogens with two attached hydrogens (primary N) is 1. The number of carbonyl (C=O) groups is 1. The zero-order valence-corrected chi connectivity index (χ0v) is 14.4. The minimum absolute atomic E-state index is 0.0728. The standard InChI is InChI=1S/C18H29N3O/c1-12(16(22)13-6-8-14(19)9-7-13)20-15-10-17(2,3)21-18(4,5)11-15/h6-9,12,15,20-21H,10-11,19H2,1-5H3. The number of nitrogens with one attached hydrogen (secondary N) is 2. The molecule has 1 fully saturated rings. The van der Waals surface area contributed by atoms with Crippen molar-refractivity contribution in [3.8, 4) is 0 Å². The van der Waals surface area contributed by atoms with E-state index in [-0.39, 0.29) is 22.9 Å². The Morgan fingerprint density at radius 3 is 2.18 bits per heavy atom. The van der Waals surface area contributed by atoms with E-state index in [0.717, 1.165) is 12.8 Å². The lowest BCUT2D eigenvalue weighted by molar-refractivity contribution is 0.0907. The number of piperidine rings is 1. The van der Waals surface area contributed by atoms with Crippen LogP contribution in [0.25, 0.3) is 0 Å². The molecule has 0 bridgehead atoms. The summed E-state index contributed by atoms with van der Waals surface area (Å²) in [6.07, 6.45) is 2.02. The Balaban J connectivity index is 2.03. The molecule has 2 rings (SSSR count). The summed E-state index contributed by atoms with van der Waals surface area (Å²) in [4.78, 5) is 12.5. The zero-order chi connectivity index (χ0) is 16.5. The van der Waals surface area contributed by atoms with E-state index < -0.39 is 0 Å². The van der Waals surface area contributed by atoms with Gasteiger partial charge in [0.2, 0.25) is 0 Å². The van der Waals surface area contributed by atoms with Crippen LogP contribution < -0.4 is 16.4 Å². The number of anilines is 1. The summed E-state index contributed by atoms with van der Waals surface area (Å²) in [5.74, 6) is 0.120. The Labute approximate surface area is 133 Å². The van der Waals surface area contributed by atoms with Gasteiger partial charge in [-0.25, -0.2) is 0 Å². The van der Waals surface area contributed by atoms with Crippen LogP contribution in [0.4, 0.5) is 5.69 Å². The molecule has 1 aliphatic rings. The maximum absolute atomic E-state index is 12.5. The van der Waals surface area contributed by atoms with Crippen LogP contribution in [0, 0.1) is 0 Å². The molecule has 1 atom stereocenters. The van der Waals surface area contributed by atoms with E-state index in [1.807, 2.05) is 6.92 Å². The van der Waals surface area contributed by atoms with Gasteiger partial charge in [0.05, 0.1) is 6.04 Å². The maximum Gasteiger partial charge on any atom is 0.179 e. The Hall–Kier alpha value is -1.39. The van der Waals surface area contributed by atoms with Crippen LogP contribution in [0.1, 0.15) is 57.8 Å². The fourth-order valence-corrected chi connectivity index (χ4v) is 3.77. The normalized spacial score (nSPS) is 22.2. The van der Waals surface area contributed by atoms with Crippen LogP contribution in [0.5, 0.6) is 0 Å². The largest absolute Gasteiger partial charge is 0.399 e. The highest BCUT2D eigenvalue weighted by Crippen LogP contribution is 2.28. The average molecular weight is 303 g/mol. The van der Waals surface area contributed by atoms with Crippen molar-refractivity contribution in [2.75, 3.05) is 5.73 Å². The fraction of sp³-hybridized carbons (Fsp3) is 0.611. The Morgan fingerprint density at radius 1 is 1.18 bits per heavy atom. The molecule has 0 spiro atoms. The van der Waals surface area contributed by atoms with Gasteiger partial charge < -0.3 is 16.4 Å². The van der Waals surface area contributed by atoms with Gasteiger partial charge in [0.15, 0.2) is 5.78 Å². The summed E-state index contributed by atoms with van der Waals surface area (Å²) in [5, 5.41) is 7.19. The number of ketones is 1. The Morgan fingerprint density at radius 2 is 1.68 bits per heavy atom. The molecule has 1 unspecified atom stereocenters. The van der Waals surface area contributed by atoms with E-state index in [1.165, 1.54) is 0 Å². The number of hydrogen-bond acceptors (Lipinski definition) is 4. The minimum atomic E-state index is -0.196. The van der Waals surface area contributed by atoms with E-state index in [0.29, 0.717) is 17.3 Å². The first-order valence-electron chi connectivity index (χ1n) is 8.03. The lowest BCUT2D eigenvalue weighted by Crippen LogP contribution is -2.62. The number of benzene rings is 1. The summed E-state index contributed by atoms with van der Waals surface area (Å²) >= 11 is 0. The molecule has 0 saturated carbocycles. The highest BCUT2D eigenvalue weighted by atomic mass is 16.1. The predicted molar refractivity (Wildman–Crippen MR) is 92.1 cm³/mol. The van der Waals surface area contributed by atoms with Crippen molar-refractivity contribution in [3.05, 3.63) is 29.8 Å².